The van der Waals surface area contributed by atoms with E-state index >= 15 is 0 Å². The zero-order valence-electron chi connectivity index (χ0n) is 7.78. The second-order valence-corrected chi connectivity index (χ2v) is 2.50. The Labute approximate surface area is 76.6 Å². The molecule has 0 aromatic carbocycles. The molecule has 0 unspecified atom stereocenters. The third-order valence-electron chi connectivity index (χ3n) is 1.46. The second kappa shape index (κ2) is 5.99. The van der Waals surface area contributed by atoms with Gasteiger partial charge in [-0.15, -0.1) is 0 Å². The molecule has 0 fully saturated rings. The first kappa shape index (κ1) is 11.4. The summed E-state index contributed by atoms with van der Waals surface area (Å²) in [5.74, 6) is -0.176. The summed E-state index contributed by atoms with van der Waals surface area (Å²) >= 11 is 0. The van der Waals surface area contributed by atoms with Crippen LogP contribution < -0.4 is 11.2 Å². The highest BCUT2D eigenvalue weighted by atomic mass is 16.7. The van der Waals surface area contributed by atoms with Gasteiger partial charge in [0.15, 0.2) is 5.03 Å². The maximum Gasteiger partial charge on any atom is 0.251 e. The van der Waals surface area contributed by atoms with Gasteiger partial charge in [0, 0.05) is 0 Å². The van der Waals surface area contributed by atoms with E-state index in [1.54, 1.807) is 5.43 Å². The van der Waals surface area contributed by atoms with Crippen LogP contribution >= 0.6 is 0 Å². The highest BCUT2D eigenvalue weighted by Gasteiger charge is 1.96. The van der Waals surface area contributed by atoms with E-state index in [9.17, 15) is 10.1 Å². The summed E-state index contributed by atoms with van der Waals surface area (Å²) in [7, 11) is 0. The SMILES string of the molecule is CC/C(C)=C\CN=C(N)N[N+](=O)[O-]. The second-order valence-electron chi connectivity index (χ2n) is 2.50. The molecule has 0 spiro atoms. The third kappa shape index (κ3) is 6.79. The van der Waals surface area contributed by atoms with Crippen LogP contribution in [-0.2, 0) is 0 Å². The smallest absolute Gasteiger partial charge is 0.251 e. The Morgan fingerprint density at radius 1 is 1.77 bits per heavy atom. The van der Waals surface area contributed by atoms with Gasteiger partial charge in [0.05, 0.1) is 6.54 Å². The summed E-state index contributed by atoms with van der Waals surface area (Å²) in [6.07, 6.45) is 2.81. The fourth-order valence-electron chi connectivity index (χ4n) is 0.573. The monoisotopic (exact) mass is 186 g/mol. The predicted molar refractivity (Wildman–Crippen MR) is 50.7 cm³/mol. The number of hydrazine groups is 1. The Bertz CT molecular complexity index is 235. The fourth-order valence-corrected chi connectivity index (χ4v) is 0.573. The van der Waals surface area contributed by atoms with Gasteiger partial charge >= 0.3 is 0 Å². The van der Waals surface area contributed by atoms with E-state index in [0.29, 0.717) is 6.54 Å². The molecule has 0 amide bonds. The van der Waals surface area contributed by atoms with Crippen LogP contribution in [0.1, 0.15) is 20.3 Å². The third-order valence-corrected chi connectivity index (χ3v) is 1.46. The Morgan fingerprint density at radius 2 is 2.38 bits per heavy atom. The average molecular weight is 186 g/mol. The van der Waals surface area contributed by atoms with Crippen molar-refractivity contribution in [2.75, 3.05) is 6.54 Å². The molecule has 0 bridgehead atoms. The highest BCUT2D eigenvalue weighted by Crippen LogP contribution is 1.96. The van der Waals surface area contributed by atoms with Crippen molar-refractivity contribution < 1.29 is 5.03 Å². The molecule has 0 aliphatic carbocycles. The van der Waals surface area contributed by atoms with Crippen LogP contribution in [0.4, 0.5) is 0 Å². The van der Waals surface area contributed by atoms with Crippen LogP contribution in [0.5, 0.6) is 0 Å². The molecule has 0 aliphatic heterocycles. The Balaban J connectivity index is 3.90. The number of nitrogens with two attached hydrogens (primary N) is 1. The van der Waals surface area contributed by atoms with E-state index in [-0.39, 0.29) is 5.96 Å². The van der Waals surface area contributed by atoms with Crippen LogP contribution in [0.25, 0.3) is 0 Å². The molecule has 0 aromatic heterocycles. The Kier molecular flexibility index (Phi) is 5.25. The van der Waals surface area contributed by atoms with Crippen molar-refractivity contribution in [3.8, 4) is 0 Å². The number of nitrogens with one attached hydrogen (secondary N) is 1. The zero-order valence-corrected chi connectivity index (χ0v) is 7.78. The average Bonchev–Trinajstić information content (AvgIpc) is 2.02. The molecule has 0 aliphatic rings. The lowest BCUT2D eigenvalue weighted by Gasteiger charge is -1.95. The van der Waals surface area contributed by atoms with Gasteiger partial charge < -0.3 is 5.73 Å². The summed E-state index contributed by atoms with van der Waals surface area (Å²) < 4.78 is 0. The molecule has 0 saturated carbocycles. The predicted octanol–water partition coefficient (Wildman–Crippen LogP) is 0.439. The van der Waals surface area contributed by atoms with E-state index in [0.717, 1.165) is 6.42 Å². The molecular weight excluding hydrogens is 172 g/mol. The van der Waals surface area contributed by atoms with Gasteiger partial charge in [-0.1, -0.05) is 24.0 Å². The maximum atomic E-state index is 9.88. The van der Waals surface area contributed by atoms with Crippen LogP contribution in [0.15, 0.2) is 16.6 Å². The van der Waals surface area contributed by atoms with Gasteiger partial charge in [-0.05, 0) is 13.3 Å². The molecule has 6 heteroatoms. The van der Waals surface area contributed by atoms with Crippen molar-refractivity contribution in [3.05, 3.63) is 21.8 Å². The van der Waals surface area contributed by atoms with Crippen molar-refractivity contribution in [2.24, 2.45) is 10.7 Å². The Hall–Kier alpha value is -1.59. The fraction of sp³-hybridized carbons (Fsp3) is 0.571. The summed E-state index contributed by atoms with van der Waals surface area (Å²) in [4.78, 5) is 13.6. The molecule has 0 atom stereocenters. The maximum absolute atomic E-state index is 9.88. The topological polar surface area (TPSA) is 93.5 Å². The van der Waals surface area contributed by atoms with Crippen molar-refractivity contribution in [3.63, 3.8) is 0 Å². The summed E-state index contributed by atoms with van der Waals surface area (Å²) in [6.45, 7) is 4.35. The van der Waals surface area contributed by atoms with Gasteiger partial charge in [0.2, 0.25) is 0 Å². The number of nitro groups is 1. The molecule has 6 nitrogen and oxygen atoms in total. The number of aliphatic imine (C=N–C) groups is 1. The van der Waals surface area contributed by atoms with Crippen LogP contribution in [-0.4, -0.2) is 17.5 Å². The van der Waals surface area contributed by atoms with Gasteiger partial charge in [0.25, 0.3) is 5.96 Å². The van der Waals surface area contributed by atoms with E-state index in [4.69, 9.17) is 5.73 Å². The molecule has 0 rings (SSSR count). The largest absolute Gasteiger partial charge is 0.365 e. The van der Waals surface area contributed by atoms with E-state index in [1.165, 1.54) is 5.57 Å². The molecular formula is C7H14N4O2. The van der Waals surface area contributed by atoms with Crippen molar-refractivity contribution in [1.29, 1.82) is 0 Å². The zero-order chi connectivity index (χ0) is 10.3. The van der Waals surface area contributed by atoms with E-state index in [2.05, 4.69) is 4.99 Å². The Morgan fingerprint density at radius 3 is 2.85 bits per heavy atom. The summed E-state index contributed by atoms with van der Waals surface area (Å²) in [5.41, 5.74) is 8.10. The van der Waals surface area contributed by atoms with Crippen molar-refractivity contribution in [1.82, 2.24) is 5.43 Å². The standard InChI is InChI=1S/C7H14N4O2/c1-3-6(2)4-5-9-7(8)10-11(12)13/h4H,3,5H2,1-2H3,(H3,8,9,10)/b6-4-. The minimum atomic E-state index is -0.741. The lowest BCUT2D eigenvalue weighted by Crippen LogP contribution is -2.36. The lowest BCUT2D eigenvalue weighted by molar-refractivity contribution is -0.525. The summed E-state index contributed by atoms with van der Waals surface area (Å²) in [5, 5.41) is 9.14. The van der Waals surface area contributed by atoms with E-state index < -0.39 is 5.03 Å². The van der Waals surface area contributed by atoms with Gasteiger partial charge in [0.1, 0.15) is 0 Å². The van der Waals surface area contributed by atoms with Gasteiger partial charge in [-0.2, -0.15) is 0 Å². The number of allylic oxidation sites excluding steroid dienone is 1. The number of rotatable bonds is 4. The van der Waals surface area contributed by atoms with Crippen LogP contribution in [0, 0.1) is 10.1 Å². The normalized spacial score (nSPS) is 12.8. The van der Waals surface area contributed by atoms with Crippen molar-refractivity contribution in [2.45, 2.75) is 20.3 Å². The van der Waals surface area contributed by atoms with Gasteiger partial charge in [-0.3, -0.25) is 0 Å². The molecule has 0 aromatic rings. The lowest BCUT2D eigenvalue weighted by atomic mass is 10.2. The van der Waals surface area contributed by atoms with Crippen LogP contribution in [0.3, 0.4) is 0 Å². The highest BCUT2D eigenvalue weighted by molar-refractivity contribution is 5.76. The number of hydrogen-bond acceptors (Lipinski definition) is 3. The van der Waals surface area contributed by atoms with Gasteiger partial charge in [-0.25, -0.2) is 15.1 Å². The molecule has 0 saturated heterocycles. The first-order chi connectivity index (χ1) is 6.06. The first-order valence-electron chi connectivity index (χ1n) is 3.92. The van der Waals surface area contributed by atoms with Crippen LogP contribution in [0.2, 0.25) is 0 Å². The quantitative estimate of drug-likeness (QED) is 0.219. The van der Waals surface area contributed by atoms with E-state index in [1.807, 2.05) is 19.9 Å². The number of nitrogens with zero attached hydrogens (tertiary/aromatic N) is 2. The number of guanidine groups is 1. The minimum absolute atomic E-state index is 0.176. The first-order valence-corrected chi connectivity index (χ1v) is 3.92. The molecule has 13 heavy (non-hydrogen) atoms. The molecule has 0 heterocycles. The minimum Gasteiger partial charge on any atom is -0.365 e. The molecule has 0 radical (unpaired) electrons. The molecule has 3 N–H and O–H groups in total. The van der Waals surface area contributed by atoms with Crippen molar-refractivity contribution >= 4 is 5.96 Å². The number of hydrogen-bond donors (Lipinski definition) is 2. The molecule has 74 valence electrons. The summed E-state index contributed by atoms with van der Waals surface area (Å²) in [6, 6.07) is 0.